The Labute approximate surface area is 186 Å². The van der Waals surface area contributed by atoms with E-state index in [0.717, 1.165) is 48.9 Å². The van der Waals surface area contributed by atoms with Gasteiger partial charge in [0.2, 0.25) is 0 Å². The second kappa shape index (κ2) is 8.49. The van der Waals surface area contributed by atoms with Crippen LogP contribution in [0.4, 0.5) is 11.6 Å². The maximum Gasteiger partial charge on any atom is 0.153 e. The van der Waals surface area contributed by atoms with E-state index >= 15 is 0 Å². The third-order valence-corrected chi connectivity index (χ3v) is 8.33. The molecule has 2 aromatic heterocycles. The fourth-order valence-electron chi connectivity index (χ4n) is 4.44. The number of aliphatic hydroxyl groups excluding tert-OH is 1. The molecule has 2 aliphatic heterocycles. The van der Waals surface area contributed by atoms with Gasteiger partial charge >= 0.3 is 0 Å². The molecule has 30 heavy (non-hydrogen) atoms. The Balaban J connectivity index is 1.55. The number of anilines is 2. The summed E-state index contributed by atoms with van der Waals surface area (Å²) in [6, 6.07) is 1.80. The summed E-state index contributed by atoms with van der Waals surface area (Å²) in [5, 5.41) is 11.1. The minimum absolute atomic E-state index is 0.166. The van der Waals surface area contributed by atoms with Gasteiger partial charge in [0, 0.05) is 29.6 Å². The van der Waals surface area contributed by atoms with Crippen molar-refractivity contribution in [2.75, 3.05) is 30.3 Å². The molecule has 0 saturated carbocycles. The predicted octanol–water partition coefficient (Wildman–Crippen LogP) is 3.70. The van der Waals surface area contributed by atoms with Crippen molar-refractivity contribution >= 4 is 35.0 Å². The highest BCUT2D eigenvalue weighted by Crippen LogP contribution is 2.47. The predicted molar refractivity (Wildman–Crippen MR) is 119 cm³/mol. The summed E-state index contributed by atoms with van der Waals surface area (Å²) in [5.74, 6) is 1.61. The Morgan fingerprint density at radius 2 is 2.07 bits per heavy atom. The van der Waals surface area contributed by atoms with Crippen LogP contribution in [0.25, 0.3) is 0 Å². The standard InChI is InChI=1S/C21H28ClN5O2S/c1-12-14(3)29-11-21(12)5-8-27(9-6-21)19-15(10-28)26-20(13(2)25-19)30-16-4-7-24-18(23)17(16)22/h4,7,12,14,28H,5-6,8-11H2,1-3H3,(H2,23,24)/t12-,14+/m1/s1. The molecule has 0 radical (unpaired) electrons. The highest BCUT2D eigenvalue weighted by molar-refractivity contribution is 7.99. The summed E-state index contributed by atoms with van der Waals surface area (Å²) in [7, 11) is 0. The number of piperidine rings is 1. The monoisotopic (exact) mass is 449 g/mol. The molecule has 1 spiro atoms. The van der Waals surface area contributed by atoms with Gasteiger partial charge in [-0.3, -0.25) is 0 Å². The lowest BCUT2D eigenvalue weighted by molar-refractivity contribution is 0.0969. The fraction of sp³-hybridized carbons (Fsp3) is 0.571. The van der Waals surface area contributed by atoms with Crippen molar-refractivity contribution in [1.82, 2.24) is 15.0 Å². The van der Waals surface area contributed by atoms with Gasteiger partial charge in [-0.2, -0.15) is 0 Å². The minimum atomic E-state index is -0.166. The van der Waals surface area contributed by atoms with Crippen LogP contribution in [0, 0.1) is 18.3 Å². The zero-order valence-corrected chi connectivity index (χ0v) is 19.1. The molecule has 0 amide bonds. The largest absolute Gasteiger partial charge is 0.390 e. The number of nitrogens with zero attached hydrogens (tertiary/aromatic N) is 4. The zero-order valence-electron chi connectivity index (χ0n) is 17.6. The molecule has 0 bridgehead atoms. The molecule has 2 atom stereocenters. The number of hydrogen-bond donors (Lipinski definition) is 2. The molecular weight excluding hydrogens is 422 g/mol. The normalized spacial score (nSPS) is 23.3. The van der Waals surface area contributed by atoms with Crippen LogP contribution in [0.3, 0.4) is 0 Å². The molecule has 0 unspecified atom stereocenters. The summed E-state index contributed by atoms with van der Waals surface area (Å²) in [4.78, 5) is 16.5. The van der Waals surface area contributed by atoms with E-state index in [2.05, 4.69) is 23.7 Å². The van der Waals surface area contributed by atoms with Gasteiger partial charge in [-0.05, 0) is 38.7 Å². The van der Waals surface area contributed by atoms with Crippen LogP contribution in [-0.2, 0) is 11.3 Å². The van der Waals surface area contributed by atoms with Crippen molar-refractivity contribution < 1.29 is 9.84 Å². The fourth-order valence-corrected chi connectivity index (χ4v) is 5.55. The first kappa shape index (κ1) is 21.6. The van der Waals surface area contributed by atoms with Gasteiger partial charge in [0.1, 0.15) is 16.5 Å². The van der Waals surface area contributed by atoms with Crippen molar-refractivity contribution in [2.45, 2.75) is 56.2 Å². The van der Waals surface area contributed by atoms with Gasteiger partial charge in [-0.25, -0.2) is 15.0 Å². The second-order valence-corrected chi connectivity index (χ2v) is 9.72. The van der Waals surface area contributed by atoms with Crippen LogP contribution in [0.2, 0.25) is 5.02 Å². The number of nitrogens with two attached hydrogens (primary N) is 1. The summed E-state index contributed by atoms with van der Waals surface area (Å²) >= 11 is 7.66. The van der Waals surface area contributed by atoms with E-state index in [4.69, 9.17) is 32.0 Å². The Morgan fingerprint density at radius 3 is 2.70 bits per heavy atom. The molecule has 4 heterocycles. The number of aromatic nitrogens is 3. The van der Waals surface area contributed by atoms with Crippen LogP contribution in [0.5, 0.6) is 0 Å². The van der Waals surface area contributed by atoms with E-state index < -0.39 is 0 Å². The number of pyridine rings is 1. The zero-order chi connectivity index (χ0) is 21.5. The topological polar surface area (TPSA) is 97.4 Å². The van der Waals surface area contributed by atoms with Gasteiger partial charge in [0.05, 0.1) is 30.0 Å². The molecule has 2 saturated heterocycles. The Hall–Kier alpha value is -1.61. The van der Waals surface area contributed by atoms with Gasteiger partial charge in [0.25, 0.3) is 0 Å². The van der Waals surface area contributed by atoms with E-state index in [1.807, 2.05) is 6.92 Å². The molecule has 2 fully saturated rings. The molecule has 2 aliphatic rings. The van der Waals surface area contributed by atoms with Crippen LogP contribution in [0.1, 0.15) is 38.1 Å². The minimum Gasteiger partial charge on any atom is -0.390 e. The van der Waals surface area contributed by atoms with Gasteiger partial charge in [0.15, 0.2) is 5.82 Å². The first-order valence-corrected chi connectivity index (χ1v) is 11.5. The summed E-state index contributed by atoms with van der Waals surface area (Å²) in [6.07, 6.45) is 4.06. The van der Waals surface area contributed by atoms with Crippen LogP contribution < -0.4 is 10.6 Å². The van der Waals surface area contributed by atoms with E-state index in [9.17, 15) is 5.11 Å². The molecule has 9 heteroatoms. The molecule has 4 rings (SSSR count). The number of hydrogen-bond acceptors (Lipinski definition) is 8. The van der Waals surface area contributed by atoms with Gasteiger partial charge in [-0.1, -0.05) is 30.3 Å². The number of rotatable bonds is 4. The lowest BCUT2D eigenvalue weighted by Gasteiger charge is -2.42. The quantitative estimate of drug-likeness (QED) is 0.729. The lowest BCUT2D eigenvalue weighted by Crippen LogP contribution is -2.44. The number of aryl methyl sites for hydroxylation is 1. The molecular formula is C21H28ClN5O2S. The van der Waals surface area contributed by atoms with E-state index in [1.54, 1.807) is 12.3 Å². The van der Waals surface area contributed by atoms with Crippen molar-refractivity contribution in [3.63, 3.8) is 0 Å². The van der Waals surface area contributed by atoms with E-state index in [0.29, 0.717) is 27.8 Å². The SMILES string of the molecule is Cc1nc(N2CCC3(CC2)CO[C@@H](C)[C@H]3C)c(CO)nc1Sc1ccnc(N)c1Cl. The van der Waals surface area contributed by atoms with Crippen molar-refractivity contribution in [3.8, 4) is 0 Å². The molecule has 162 valence electrons. The maximum absolute atomic E-state index is 10.00. The first-order chi connectivity index (χ1) is 14.3. The number of ether oxygens (including phenoxy) is 1. The van der Waals surface area contributed by atoms with Crippen LogP contribution in [0.15, 0.2) is 22.2 Å². The highest BCUT2D eigenvalue weighted by atomic mass is 35.5. The van der Waals surface area contributed by atoms with Crippen LogP contribution >= 0.6 is 23.4 Å². The first-order valence-electron chi connectivity index (χ1n) is 10.3. The number of halogens is 1. The van der Waals surface area contributed by atoms with Crippen molar-refractivity contribution in [3.05, 3.63) is 28.7 Å². The second-order valence-electron chi connectivity index (χ2n) is 8.31. The third-order valence-electron chi connectivity index (χ3n) is 6.68. The molecule has 0 aromatic carbocycles. The van der Waals surface area contributed by atoms with Crippen molar-refractivity contribution in [1.29, 1.82) is 0 Å². The Kier molecular flexibility index (Phi) is 6.12. The van der Waals surface area contributed by atoms with E-state index in [-0.39, 0.29) is 17.8 Å². The van der Waals surface area contributed by atoms with Gasteiger partial charge in [-0.15, -0.1) is 0 Å². The Morgan fingerprint density at radius 1 is 1.33 bits per heavy atom. The molecule has 2 aromatic rings. The average Bonchev–Trinajstić information content (AvgIpc) is 3.01. The molecule has 3 N–H and O–H groups in total. The van der Waals surface area contributed by atoms with E-state index in [1.165, 1.54) is 11.8 Å². The van der Waals surface area contributed by atoms with Crippen molar-refractivity contribution in [2.24, 2.45) is 11.3 Å². The lowest BCUT2D eigenvalue weighted by atomic mass is 9.70. The average molecular weight is 450 g/mol. The highest BCUT2D eigenvalue weighted by Gasteiger charge is 2.47. The Bertz CT molecular complexity index is 936. The number of nitrogen functional groups attached to an aromatic ring is 1. The summed E-state index contributed by atoms with van der Waals surface area (Å²) in [5.41, 5.74) is 7.45. The maximum atomic E-state index is 10.00. The van der Waals surface area contributed by atoms with Crippen LogP contribution in [-0.4, -0.2) is 45.9 Å². The molecule has 0 aliphatic carbocycles. The smallest absolute Gasteiger partial charge is 0.153 e. The summed E-state index contributed by atoms with van der Waals surface area (Å²) in [6.45, 7) is 8.86. The molecule has 7 nitrogen and oxygen atoms in total. The number of aliphatic hydroxyl groups is 1. The summed E-state index contributed by atoms with van der Waals surface area (Å²) < 4.78 is 5.94. The third kappa shape index (κ3) is 3.86. The van der Waals surface area contributed by atoms with Gasteiger partial charge < -0.3 is 20.5 Å².